The Hall–Kier alpha value is -1.07. The number of nitrogens with one attached hydrogen (secondary N) is 1. The van der Waals surface area contributed by atoms with E-state index in [1.807, 2.05) is 6.07 Å². The van der Waals surface area contributed by atoms with Gasteiger partial charge in [0.15, 0.2) is 0 Å². The Morgan fingerprint density at radius 2 is 2.16 bits per heavy atom. The zero-order valence-corrected chi connectivity index (χ0v) is 12.0. The topological polar surface area (TPSA) is 49.4 Å². The zero-order valence-electron chi connectivity index (χ0n) is 11.2. The first kappa shape index (κ1) is 12.9. The molecule has 1 aliphatic heterocycles. The summed E-state index contributed by atoms with van der Waals surface area (Å²) in [6.45, 7) is 1.57. The van der Waals surface area contributed by atoms with E-state index < -0.39 is 10.0 Å². The minimum atomic E-state index is -3.33. The van der Waals surface area contributed by atoms with Gasteiger partial charge in [0, 0.05) is 25.8 Å². The van der Waals surface area contributed by atoms with E-state index in [0.717, 1.165) is 37.9 Å². The molecule has 1 fully saturated rings. The molecule has 0 radical (unpaired) electrons. The van der Waals surface area contributed by atoms with Crippen molar-refractivity contribution in [1.82, 2.24) is 4.31 Å². The third-order valence-electron chi connectivity index (χ3n) is 3.94. The molecule has 2 aliphatic rings. The monoisotopic (exact) mass is 280 g/mol. The van der Waals surface area contributed by atoms with Gasteiger partial charge in [-0.05, 0) is 49.3 Å². The SMILES string of the molecule is CN(CC1CC1)S(=O)(=O)c1ccc2c(c1)NCCC2. The van der Waals surface area contributed by atoms with Crippen molar-refractivity contribution in [2.45, 2.75) is 30.6 Å². The number of benzene rings is 1. The van der Waals surface area contributed by atoms with Crippen molar-refractivity contribution in [3.63, 3.8) is 0 Å². The van der Waals surface area contributed by atoms with Crippen LogP contribution in [0.2, 0.25) is 0 Å². The molecule has 0 aromatic heterocycles. The van der Waals surface area contributed by atoms with Gasteiger partial charge in [-0.25, -0.2) is 12.7 Å². The summed E-state index contributed by atoms with van der Waals surface area (Å²) in [4.78, 5) is 0.406. The van der Waals surface area contributed by atoms with Gasteiger partial charge in [0.05, 0.1) is 4.90 Å². The van der Waals surface area contributed by atoms with Gasteiger partial charge in [-0.2, -0.15) is 0 Å². The molecular weight excluding hydrogens is 260 g/mol. The number of fused-ring (bicyclic) bond motifs is 1. The maximum atomic E-state index is 12.5. The average Bonchev–Trinajstić information content (AvgIpc) is 3.22. The van der Waals surface area contributed by atoms with Crippen LogP contribution < -0.4 is 5.32 Å². The molecule has 5 heteroatoms. The first-order valence-electron chi connectivity index (χ1n) is 6.90. The molecule has 0 amide bonds. The summed E-state index contributed by atoms with van der Waals surface area (Å²) in [5.74, 6) is 0.565. The van der Waals surface area contributed by atoms with E-state index in [4.69, 9.17) is 0 Å². The van der Waals surface area contributed by atoms with Crippen molar-refractivity contribution >= 4 is 15.7 Å². The number of sulfonamides is 1. The highest BCUT2D eigenvalue weighted by Crippen LogP contribution is 2.32. The van der Waals surface area contributed by atoms with E-state index in [2.05, 4.69) is 5.32 Å². The molecule has 1 saturated carbocycles. The van der Waals surface area contributed by atoms with E-state index in [1.165, 1.54) is 9.87 Å². The van der Waals surface area contributed by atoms with Crippen molar-refractivity contribution in [1.29, 1.82) is 0 Å². The summed E-state index contributed by atoms with van der Waals surface area (Å²) in [6.07, 6.45) is 4.46. The highest BCUT2D eigenvalue weighted by Gasteiger charge is 2.29. The van der Waals surface area contributed by atoms with Crippen molar-refractivity contribution in [2.75, 3.05) is 25.5 Å². The highest BCUT2D eigenvalue weighted by molar-refractivity contribution is 7.89. The molecular formula is C14H20N2O2S. The van der Waals surface area contributed by atoms with Gasteiger partial charge >= 0.3 is 0 Å². The second-order valence-electron chi connectivity index (χ2n) is 5.58. The maximum Gasteiger partial charge on any atom is 0.242 e. The van der Waals surface area contributed by atoms with Gasteiger partial charge in [0.1, 0.15) is 0 Å². The minimum absolute atomic E-state index is 0.406. The Bertz CT molecular complexity index is 579. The zero-order chi connectivity index (χ0) is 13.5. The summed E-state index contributed by atoms with van der Waals surface area (Å²) in [5.41, 5.74) is 2.20. The largest absolute Gasteiger partial charge is 0.385 e. The Morgan fingerprint density at radius 1 is 1.37 bits per heavy atom. The molecule has 1 heterocycles. The van der Waals surface area contributed by atoms with Gasteiger partial charge in [-0.3, -0.25) is 0 Å². The first-order valence-corrected chi connectivity index (χ1v) is 8.34. The van der Waals surface area contributed by atoms with E-state index in [9.17, 15) is 8.42 Å². The maximum absolute atomic E-state index is 12.5. The normalized spacial score (nSPS) is 19.1. The average molecular weight is 280 g/mol. The van der Waals surface area contributed by atoms with Gasteiger partial charge in [0.2, 0.25) is 10.0 Å². The van der Waals surface area contributed by atoms with E-state index >= 15 is 0 Å². The lowest BCUT2D eigenvalue weighted by Crippen LogP contribution is -2.29. The molecule has 0 atom stereocenters. The molecule has 104 valence electrons. The van der Waals surface area contributed by atoms with Crippen molar-refractivity contribution in [3.05, 3.63) is 23.8 Å². The standard InChI is InChI=1S/C14H20N2O2S/c1-16(10-11-4-5-11)19(17,18)13-7-6-12-3-2-8-15-14(12)9-13/h6-7,9,11,15H,2-5,8,10H2,1H3. The lowest BCUT2D eigenvalue weighted by Gasteiger charge is -2.21. The molecule has 19 heavy (non-hydrogen) atoms. The first-order chi connectivity index (χ1) is 9.07. The van der Waals surface area contributed by atoms with Crippen LogP contribution >= 0.6 is 0 Å². The van der Waals surface area contributed by atoms with Crippen molar-refractivity contribution in [2.24, 2.45) is 5.92 Å². The molecule has 1 aromatic rings. The van der Waals surface area contributed by atoms with Crippen molar-refractivity contribution < 1.29 is 8.42 Å². The number of hydrogen-bond donors (Lipinski definition) is 1. The van der Waals surface area contributed by atoms with Gasteiger partial charge in [-0.1, -0.05) is 6.07 Å². The summed E-state index contributed by atoms with van der Waals surface area (Å²) in [5, 5.41) is 3.28. The van der Waals surface area contributed by atoms with Crippen LogP contribution in [0.15, 0.2) is 23.1 Å². The molecule has 1 aromatic carbocycles. The fraction of sp³-hybridized carbons (Fsp3) is 0.571. The quantitative estimate of drug-likeness (QED) is 0.918. The predicted octanol–water partition coefficient (Wildman–Crippen LogP) is 2.08. The minimum Gasteiger partial charge on any atom is -0.385 e. The third kappa shape index (κ3) is 2.62. The lowest BCUT2D eigenvalue weighted by molar-refractivity contribution is 0.453. The van der Waals surface area contributed by atoms with Crippen LogP contribution in [0, 0.1) is 5.92 Å². The Kier molecular flexibility index (Phi) is 3.27. The summed E-state index contributed by atoms with van der Waals surface area (Å²) < 4.78 is 26.5. The Labute approximate surface area is 114 Å². The predicted molar refractivity (Wildman–Crippen MR) is 75.8 cm³/mol. The number of hydrogen-bond acceptors (Lipinski definition) is 3. The lowest BCUT2D eigenvalue weighted by atomic mass is 10.0. The van der Waals surface area contributed by atoms with Crippen LogP contribution in [-0.2, 0) is 16.4 Å². The van der Waals surface area contributed by atoms with Crippen LogP contribution in [-0.4, -0.2) is 32.9 Å². The third-order valence-corrected chi connectivity index (χ3v) is 5.76. The fourth-order valence-electron chi connectivity index (χ4n) is 2.54. The highest BCUT2D eigenvalue weighted by atomic mass is 32.2. The second-order valence-corrected chi connectivity index (χ2v) is 7.62. The van der Waals surface area contributed by atoms with E-state index in [0.29, 0.717) is 17.4 Å². The summed E-state index contributed by atoms with van der Waals surface area (Å²) >= 11 is 0. The van der Waals surface area contributed by atoms with E-state index in [1.54, 1.807) is 19.2 Å². The molecule has 1 N–H and O–H groups in total. The van der Waals surface area contributed by atoms with Crippen LogP contribution in [0.1, 0.15) is 24.8 Å². The van der Waals surface area contributed by atoms with Gasteiger partial charge in [0.25, 0.3) is 0 Å². The number of anilines is 1. The smallest absolute Gasteiger partial charge is 0.242 e. The van der Waals surface area contributed by atoms with Crippen LogP contribution in [0.25, 0.3) is 0 Å². The molecule has 1 aliphatic carbocycles. The number of nitrogens with zero attached hydrogens (tertiary/aromatic N) is 1. The second kappa shape index (κ2) is 4.80. The Balaban J connectivity index is 1.87. The van der Waals surface area contributed by atoms with Crippen molar-refractivity contribution in [3.8, 4) is 0 Å². The summed E-state index contributed by atoms with van der Waals surface area (Å²) in [6, 6.07) is 5.47. The van der Waals surface area contributed by atoms with E-state index in [-0.39, 0.29) is 0 Å². The molecule has 0 saturated heterocycles. The number of aryl methyl sites for hydroxylation is 1. The molecule has 3 rings (SSSR count). The molecule has 0 unspecified atom stereocenters. The van der Waals surface area contributed by atoms with Gasteiger partial charge < -0.3 is 5.32 Å². The van der Waals surface area contributed by atoms with Crippen LogP contribution in [0.5, 0.6) is 0 Å². The molecule has 4 nitrogen and oxygen atoms in total. The van der Waals surface area contributed by atoms with Crippen LogP contribution in [0.4, 0.5) is 5.69 Å². The van der Waals surface area contributed by atoms with Gasteiger partial charge in [-0.15, -0.1) is 0 Å². The summed E-state index contributed by atoms with van der Waals surface area (Å²) in [7, 11) is -1.65. The molecule has 0 bridgehead atoms. The molecule has 0 spiro atoms. The number of rotatable bonds is 4. The van der Waals surface area contributed by atoms with Crippen LogP contribution in [0.3, 0.4) is 0 Å². The fourth-order valence-corrected chi connectivity index (χ4v) is 3.82. The Morgan fingerprint density at radius 3 is 2.89 bits per heavy atom.